The Hall–Kier alpha value is -1.89. The zero-order chi connectivity index (χ0) is 19.1. The number of aromatic amines is 1. The molecule has 2 aromatic rings. The standard InChI is InChI=1S/C21H31N5O.ClH/c1-3-5-11-26(4-2)15-17-8-6-7-16(12-17)13-23-21(27)20-18-14-22-10-9-19(18)24-25-20;/h6-8,12,22H,3-5,9-11,13-15H2,1-2H3,(H,23,27)(H,24,25);1H. The van der Waals surface area contributed by atoms with E-state index < -0.39 is 0 Å². The summed E-state index contributed by atoms with van der Waals surface area (Å²) in [5.41, 5.74) is 5.01. The lowest BCUT2D eigenvalue weighted by Gasteiger charge is -2.20. The van der Waals surface area contributed by atoms with Crippen molar-refractivity contribution >= 4 is 18.3 Å². The molecule has 3 N–H and O–H groups in total. The van der Waals surface area contributed by atoms with Crippen molar-refractivity contribution in [3.8, 4) is 0 Å². The van der Waals surface area contributed by atoms with Crippen LogP contribution < -0.4 is 10.6 Å². The average molecular weight is 406 g/mol. The van der Waals surface area contributed by atoms with Crippen LogP contribution in [-0.2, 0) is 26.1 Å². The topological polar surface area (TPSA) is 73.0 Å². The largest absolute Gasteiger partial charge is 0.347 e. The number of carbonyl (C=O) groups is 1. The van der Waals surface area contributed by atoms with Crippen LogP contribution in [0.25, 0.3) is 0 Å². The van der Waals surface area contributed by atoms with Gasteiger partial charge in [-0.3, -0.25) is 14.8 Å². The van der Waals surface area contributed by atoms with Crippen LogP contribution in [0.3, 0.4) is 0 Å². The molecule has 28 heavy (non-hydrogen) atoms. The van der Waals surface area contributed by atoms with Gasteiger partial charge in [0.25, 0.3) is 5.91 Å². The molecule has 0 atom stereocenters. The molecule has 1 aromatic heterocycles. The Morgan fingerprint density at radius 3 is 2.89 bits per heavy atom. The lowest BCUT2D eigenvalue weighted by Crippen LogP contribution is -2.28. The molecule has 1 aliphatic heterocycles. The third-order valence-electron chi connectivity index (χ3n) is 5.15. The minimum absolute atomic E-state index is 0. The van der Waals surface area contributed by atoms with E-state index in [1.54, 1.807) is 0 Å². The van der Waals surface area contributed by atoms with E-state index in [0.717, 1.165) is 49.4 Å². The first kappa shape index (κ1) is 22.4. The molecule has 0 aliphatic carbocycles. The molecule has 1 amide bonds. The van der Waals surface area contributed by atoms with Crippen molar-refractivity contribution in [2.75, 3.05) is 19.6 Å². The van der Waals surface area contributed by atoms with Gasteiger partial charge in [-0.05, 0) is 30.6 Å². The Balaban J connectivity index is 0.00000280. The predicted octanol–water partition coefficient (Wildman–Crippen LogP) is 3.03. The molecular formula is C21H32ClN5O. The molecule has 6 nitrogen and oxygen atoms in total. The highest BCUT2D eigenvalue weighted by molar-refractivity contribution is 5.94. The zero-order valence-corrected chi connectivity index (χ0v) is 17.7. The molecule has 0 saturated heterocycles. The van der Waals surface area contributed by atoms with Crippen LogP contribution >= 0.6 is 12.4 Å². The highest BCUT2D eigenvalue weighted by Crippen LogP contribution is 2.15. The van der Waals surface area contributed by atoms with Crippen LogP contribution in [0.5, 0.6) is 0 Å². The van der Waals surface area contributed by atoms with Gasteiger partial charge in [0.1, 0.15) is 0 Å². The Kier molecular flexibility index (Phi) is 8.96. The number of halogens is 1. The van der Waals surface area contributed by atoms with Crippen molar-refractivity contribution in [2.24, 2.45) is 0 Å². The lowest BCUT2D eigenvalue weighted by atomic mass is 10.1. The zero-order valence-electron chi connectivity index (χ0n) is 16.9. The third-order valence-corrected chi connectivity index (χ3v) is 5.15. The van der Waals surface area contributed by atoms with E-state index in [-0.39, 0.29) is 18.3 Å². The van der Waals surface area contributed by atoms with Gasteiger partial charge >= 0.3 is 0 Å². The molecular weight excluding hydrogens is 374 g/mol. The molecule has 0 unspecified atom stereocenters. The predicted molar refractivity (Wildman–Crippen MR) is 115 cm³/mol. The summed E-state index contributed by atoms with van der Waals surface area (Å²) in [7, 11) is 0. The number of rotatable bonds is 9. The molecule has 154 valence electrons. The molecule has 2 heterocycles. The second-order valence-corrected chi connectivity index (χ2v) is 7.18. The summed E-state index contributed by atoms with van der Waals surface area (Å²) in [6, 6.07) is 8.49. The monoisotopic (exact) mass is 405 g/mol. The third kappa shape index (κ3) is 5.80. The van der Waals surface area contributed by atoms with Gasteiger partial charge in [0.05, 0.1) is 0 Å². The van der Waals surface area contributed by atoms with Gasteiger partial charge in [-0.25, -0.2) is 0 Å². The number of hydrogen-bond acceptors (Lipinski definition) is 4. The number of nitrogens with one attached hydrogen (secondary N) is 3. The summed E-state index contributed by atoms with van der Waals surface area (Å²) >= 11 is 0. The maximum atomic E-state index is 12.5. The number of benzene rings is 1. The Morgan fingerprint density at radius 2 is 2.11 bits per heavy atom. The first-order valence-corrected chi connectivity index (χ1v) is 10.1. The van der Waals surface area contributed by atoms with Crippen LogP contribution in [-0.4, -0.2) is 40.6 Å². The van der Waals surface area contributed by atoms with Crippen LogP contribution in [0, 0.1) is 0 Å². The van der Waals surface area contributed by atoms with E-state index in [2.05, 4.69) is 63.8 Å². The number of nitrogens with zero attached hydrogens (tertiary/aromatic N) is 2. The van der Waals surface area contributed by atoms with Gasteiger partial charge in [0, 0.05) is 43.9 Å². The van der Waals surface area contributed by atoms with Crippen molar-refractivity contribution in [3.63, 3.8) is 0 Å². The average Bonchev–Trinajstić information content (AvgIpc) is 3.14. The Morgan fingerprint density at radius 1 is 1.29 bits per heavy atom. The SMILES string of the molecule is CCCCN(CC)Cc1cccc(CNC(=O)c2n[nH]c3c2CNCC3)c1.Cl. The molecule has 0 spiro atoms. The van der Waals surface area contributed by atoms with Crippen molar-refractivity contribution < 1.29 is 4.79 Å². The van der Waals surface area contributed by atoms with E-state index in [9.17, 15) is 4.79 Å². The normalized spacial score (nSPS) is 13.1. The van der Waals surface area contributed by atoms with E-state index in [1.807, 2.05) is 0 Å². The first-order valence-electron chi connectivity index (χ1n) is 10.1. The van der Waals surface area contributed by atoms with Gasteiger partial charge in [-0.15, -0.1) is 12.4 Å². The molecule has 0 fully saturated rings. The highest BCUT2D eigenvalue weighted by atomic mass is 35.5. The van der Waals surface area contributed by atoms with E-state index >= 15 is 0 Å². The minimum atomic E-state index is -0.111. The van der Waals surface area contributed by atoms with Gasteiger partial charge < -0.3 is 10.6 Å². The number of amides is 1. The molecule has 0 saturated carbocycles. The van der Waals surface area contributed by atoms with Gasteiger partial charge in [0.15, 0.2) is 5.69 Å². The Bertz CT molecular complexity index is 761. The fourth-order valence-electron chi connectivity index (χ4n) is 3.51. The van der Waals surface area contributed by atoms with Crippen molar-refractivity contribution in [3.05, 3.63) is 52.3 Å². The summed E-state index contributed by atoms with van der Waals surface area (Å²) in [5.74, 6) is -0.111. The maximum absolute atomic E-state index is 12.5. The fourth-order valence-corrected chi connectivity index (χ4v) is 3.51. The number of fused-ring (bicyclic) bond motifs is 1. The number of aromatic nitrogens is 2. The molecule has 0 bridgehead atoms. The molecule has 3 rings (SSSR count). The summed E-state index contributed by atoms with van der Waals surface area (Å²) in [5, 5.41) is 13.5. The van der Waals surface area contributed by atoms with Crippen molar-refractivity contribution in [2.45, 2.75) is 52.7 Å². The fraction of sp³-hybridized carbons (Fsp3) is 0.524. The van der Waals surface area contributed by atoms with Gasteiger partial charge in [0.2, 0.25) is 0 Å². The van der Waals surface area contributed by atoms with Crippen LogP contribution in [0.4, 0.5) is 0 Å². The van der Waals surface area contributed by atoms with Crippen LogP contribution in [0.15, 0.2) is 24.3 Å². The van der Waals surface area contributed by atoms with Gasteiger partial charge in [-0.2, -0.15) is 5.10 Å². The van der Waals surface area contributed by atoms with Crippen LogP contribution in [0.2, 0.25) is 0 Å². The summed E-state index contributed by atoms with van der Waals surface area (Å²) < 4.78 is 0. The number of H-pyrrole nitrogens is 1. The second kappa shape index (κ2) is 11.2. The van der Waals surface area contributed by atoms with E-state index in [4.69, 9.17) is 0 Å². The summed E-state index contributed by atoms with van der Waals surface area (Å²) in [4.78, 5) is 15.0. The highest BCUT2D eigenvalue weighted by Gasteiger charge is 2.21. The Labute approximate surface area is 173 Å². The van der Waals surface area contributed by atoms with E-state index in [1.165, 1.54) is 18.4 Å². The lowest BCUT2D eigenvalue weighted by molar-refractivity contribution is 0.0944. The number of carbonyl (C=O) groups excluding carboxylic acids is 1. The van der Waals surface area contributed by atoms with Crippen molar-refractivity contribution in [1.82, 2.24) is 25.7 Å². The molecule has 0 radical (unpaired) electrons. The van der Waals surface area contributed by atoms with Crippen molar-refractivity contribution in [1.29, 1.82) is 0 Å². The summed E-state index contributed by atoms with van der Waals surface area (Å²) in [6.45, 7) is 9.72. The minimum Gasteiger partial charge on any atom is -0.347 e. The molecule has 1 aliphatic rings. The van der Waals surface area contributed by atoms with Gasteiger partial charge in [-0.1, -0.05) is 44.5 Å². The summed E-state index contributed by atoms with van der Waals surface area (Å²) in [6.07, 6.45) is 3.34. The first-order chi connectivity index (χ1) is 13.2. The van der Waals surface area contributed by atoms with Crippen LogP contribution in [0.1, 0.15) is 59.6 Å². The second-order valence-electron chi connectivity index (χ2n) is 7.18. The number of hydrogen-bond donors (Lipinski definition) is 3. The maximum Gasteiger partial charge on any atom is 0.272 e. The smallest absolute Gasteiger partial charge is 0.272 e. The van der Waals surface area contributed by atoms with E-state index in [0.29, 0.717) is 18.8 Å². The molecule has 7 heteroatoms. The quantitative estimate of drug-likeness (QED) is 0.599. The number of unbranched alkanes of at least 4 members (excludes halogenated alkanes) is 1. The molecule has 1 aromatic carbocycles.